The van der Waals surface area contributed by atoms with Crippen LogP contribution in [-0.2, 0) is 24.2 Å². The minimum Gasteiger partial charge on any atom is -0.371 e. The number of hydrogen-bond donors (Lipinski definition) is 1. The molecule has 1 aromatic carbocycles. The minimum absolute atomic E-state index is 0.0877. The van der Waals surface area contributed by atoms with Gasteiger partial charge in [-0.15, -0.1) is 0 Å². The second-order valence-electron chi connectivity index (χ2n) is 7.89. The van der Waals surface area contributed by atoms with Gasteiger partial charge in [0.1, 0.15) is 0 Å². The quantitative estimate of drug-likeness (QED) is 0.867. The van der Waals surface area contributed by atoms with Gasteiger partial charge < -0.3 is 10.2 Å². The average Bonchev–Trinajstić information content (AvgIpc) is 2.81. The smallest absolute Gasteiger partial charge is 0.248 e. The predicted molar refractivity (Wildman–Crippen MR) is 101 cm³/mol. The zero-order chi connectivity index (χ0) is 18.9. The van der Waals surface area contributed by atoms with E-state index in [0.717, 1.165) is 31.5 Å². The first-order chi connectivity index (χ1) is 13.0. The van der Waals surface area contributed by atoms with Crippen molar-refractivity contribution in [2.45, 2.75) is 51.0 Å². The second-order valence-corrected chi connectivity index (χ2v) is 7.89. The Hall–Kier alpha value is -2.17. The largest absolute Gasteiger partial charge is 0.371 e. The molecule has 0 saturated heterocycles. The lowest BCUT2D eigenvalue weighted by molar-refractivity contribution is -0.129. The van der Waals surface area contributed by atoms with Crippen LogP contribution in [-0.4, -0.2) is 29.8 Å². The van der Waals surface area contributed by atoms with Crippen molar-refractivity contribution in [3.8, 4) is 0 Å². The number of halogens is 2. The molecule has 1 aliphatic heterocycles. The summed E-state index contributed by atoms with van der Waals surface area (Å²) in [6.45, 7) is 2.51. The van der Waals surface area contributed by atoms with Gasteiger partial charge in [-0.2, -0.15) is 0 Å². The van der Waals surface area contributed by atoms with E-state index in [2.05, 4.69) is 46.6 Å². The lowest BCUT2D eigenvalue weighted by atomic mass is 9.86. The molecule has 1 heterocycles. The highest BCUT2D eigenvalue weighted by atomic mass is 19.3. The van der Waals surface area contributed by atoms with Gasteiger partial charge in [-0.1, -0.05) is 24.3 Å². The van der Waals surface area contributed by atoms with Crippen LogP contribution >= 0.6 is 0 Å². The molecule has 0 aromatic heterocycles. The number of alkyl halides is 2. The molecule has 1 fully saturated rings. The average molecular weight is 372 g/mol. The fourth-order valence-electron chi connectivity index (χ4n) is 4.18. The van der Waals surface area contributed by atoms with Crippen LogP contribution < -0.4 is 5.32 Å². The molecule has 0 unspecified atom stereocenters. The summed E-state index contributed by atoms with van der Waals surface area (Å²) in [6.07, 6.45) is 8.62. The first kappa shape index (κ1) is 18.2. The van der Waals surface area contributed by atoms with E-state index in [1.807, 2.05) is 0 Å². The van der Waals surface area contributed by atoms with Gasteiger partial charge in [-0.05, 0) is 54.5 Å². The van der Waals surface area contributed by atoms with Crippen molar-refractivity contribution in [1.29, 1.82) is 0 Å². The van der Waals surface area contributed by atoms with Crippen molar-refractivity contribution in [2.75, 3.05) is 13.1 Å². The van der Waals surface area contributed by atoms with Gasteiger partial charge in [-0.25, -0.2) is 8.78 Å². The maximum atomic E-state index is 13.2. The number of carbonyl (C=O) groups is 1. The number of fused-ring (bicyclic) bond motifs is 1. The number of nitrogens with zero attached hydrogens (tertiary/aromatic N) is 1. The van der Waals surface area contributed by atoms with Crippen LogP contribution in [0.5, 0.6) is 0 Å². The highest BCUT2D eigenvalue weighted by Gasteiger charge is 2.37. The Morgan fingerprint density at radius 2 is 1.85 bits per heavy atom. The molecular weight excluding hydrogens is 346 g/mol. The molecule has 3 aliphatic rings. The van der Waals surface area contributed by atoms with Crippen molar-refractivity contribution in [3.63, 3.8) is 0 Å². The van der Waals surface area contributed by atoms with E-state index in [4.69, 9.17) is 0 Å². The number of rotatable bonds is 4. The van der Waals surface area contributed by atoms with Gasteiger partial charge in [0.2, 0.25) is 11.8 Å². The minimum atomic E-state index is -2.59. The van der Waals surface area contributed by atoms with Crippen molar-refractivity contribution in [3.05, 3.63) is 58.8 Å². The Labute approximate surface area is 159 Å². The standard InChI is InChI=1S/C22H26F2N2O/c23-22(24)10-6-18(7-11-22)21(27)25-15-16-4-5-17-8-12-26(20-2-1-3-20)13-9-19(17)14-16/h1-5,14,18H,6-13,15H2,(H,25,27). The van der Waals surface area contributed by atoms with E-state index in [9.17, 15) is 13.6 Å². The third kappa shape index (κ3) is 4.23. The molecule has 4 rings (SSSR count). The Bertz CT molecular complexity index is 775. The number of allylic oxidation sites excluding steroid dienone is 3. The van der Waals surface area contributed by atoms with Crippen LogP contribution in [0.1, 0.15) is 42.4 Å². The van der Waals surface area contributed by atoms with Crippen LogP contribution in [0.25, 0.3) is 0 Å². The van der Waals surface area contributed by atoms with E-state index in [1.165, 1.54) is 16.8 Å². The molecule has 1 amide bonds. The molecular formula is C22H26F2N2O. The summed E-state index contributed by atoms with van der Waals surface area (Å²) < 4.78 is 26.5. The number of nitrogens with one attached hydrogen (secondary N) is 1. The molecule has 0 atom stereocenters. The van der Waals surface area contributed by atoms with E-state index in [-0.39, 0.29) is 37.5 Å². The topological polar surface area (TPSA) is 32.3 Å². The lowest BCUT2D eigenvalue weighted by Crippen LogP contribution is -2.35. The van der Waals surface area contributed by atoms with Crippen LogP contribution in [0.3, 0.4) is 0 Å². The molecule has 1 N–H and O–H groups in total. The van der Waals surface area contributed by atoms with Crippen LogP contribution in [0.2, 0.25) is 0 Å². The first-order valence-electron chi connectivity index (χ1n) is 9.90. The summed E-state index contributed by atoms with van der Waals surface area (Å²) in [5.41, 5.74) is 5.13. The van der Waals surface area contributed by atoms with Crippen molar-refractivity contribution < 1.29 is 13.6 Å². The zero-order valence-corrected chi connectivity index (χ0v) is 15.5. The van der Waals surface area contributed by atoms with Crippen molar-refractivity contribution in [2.24, 2.45) is 5.92 Å². The molecule has 5 heteroatoms. The maximum absolute atomic E-state index is 13.2. The highest BCUT2D eigenvalue weighted by Crippen LogP contribution is 2.36. The maximum Gasteiger partial charge on any atom is 0.248 e. The summed E-state index contributed by atoms with van der Waals surface area (Å²) in [5.74, 6) is -2.95. The monoisotopic (exact) mass is 372 g/mol. The van der Waals surface area contributed by atoms with E-state index in [0.29, 0.717) is 6.54 Å². The van der Waals surface area contributed by atoms with Crippen molar-refractivity contribution >= 4 is 5.91 Å². The Balaban J connectivity index is 1.32. The van der Waals surface area contributed by atoms with E-state index >= 15 is 0 Å². The van der Waals surface area contributed by atoms with Crippen LogP contribution in [0.4, 0.5) is 8.78 Å². The Morgan fingerprint density at radius 1 is 1.15 bits per heavy atom. The summed E-state index contributed by atoms with van der Waals surface area (Å²) in [5, 5.41) is 2.95. The number of carbonyl (C=O) groups excluding carboxylic acids is 1. The van der Waals surface area contributed by atoms with Gasteiger partial charge in [0, 0.05) is 44.1 Å². The highest BCUT2D eigenvalue weighted by molar-refractivity contribution is 5.78. The van der Waals surface area contributed by atoms with Crippen LogP contribution in [0, 0.1) is 5.92 Å². The molecule has 3 nitrogen and oxygen atoms in total. The lowest BCUT2D eigenvalue weighted by Gasteiger charge is -2.27. The molecule has 0 bridgehead atoms. The second kappa shape index (κ2) is 7.45. The van der Waals surface area contributed by atoms with Gasteiger partial charge in [-0.3, -0.25) is 4.79 Å². The fourth-order valence-corrected chi connectivity index (χ4v) is 4.18. The zero-order valence-electron chi connectivity index (χ0n) is 15.5. The molecule has 144 valence electrons. The molecule has 27 heavy (non-hydrogen) atoms. The molecule has 1 saturated carbocycles. The summed E-state index contributed by atoms with van der Waals surface area (Å²) in [6, 6.07) is 6.44. The van der Waals surface area contributed by atoms with Gasteiger partial charge >= 0.3 is 0 Å². The van der Waals surface area contributed by atoms with Gasteiger partial charge in [0.15, 0.2) is 0 Å². The predicted octanol–water partition coefficient (Wildman–Crippen LogP) is 3.98. The molecule has 2 aliphatic carbocycles. The molecule has 0 radical (unpaired) electrons. The van der Waals surface area contributed by atoms with Crippen LogP contribution in [0.15, 0.2) is 42.1 Å². The van der Waals surface area contributed by atoms with E-state index < -0.39 is 5.92 Å². The Kier molecular flexibility index (Phi) is 5.02. The fraction of sp³-hybridized carbons (Fsp3) is 0.500. The number of benzene rings is 1. The van der Waals surface area contributed by atoms with Crippen molar-refractivity contribution in [1.82, 2.24) is 10.2 Å². The van der Waals surface area contributed by atoms with Gasteiger partial charge in [0.25, 0.3) is 0 Å². The third-order valence-electron chi connectivity index (χ3n) is 6.03. The van der Waals surface area contributed by atoms with Gasteiger partial charge in [0.05, 0.1) is 0 Å². The first-order valence-corrected chi connectivity index (χ1v) is 9.90. The normalized spacial score (nSPS) is 21.7. The molecule has 1 aromatic rings. The van der Waals surface area contributed by atoms with E-state index in [1.54, 1.807) is 0 Å². The number of hydrogen-bond acceptors (Lipinski definition) is 2. The summed E-state index contributed by atoms with van der Waals surface area (Å²) >= 11 is 0. The summed E-state index contributed by atoms with van der Waals surface area (Å²) in [7, 11) is 0. The molecule has 0 spiro atoms. The SMILES string of the molecule is O=C(NCc1ccc2c(c1)CCN(C1=CC=C1)CC2)C1CCC(F)(F)CC1. The summed E-state index contributed by atoms with van der Waals surface area (Å²) in [4.78, 5) is 14.7. The number of amides is 1. The Morgan fingerprint density at radius 3 is 2.52 bits per heavy atom. The third-order valence-corrected chi connectivity index (χ3v) is 6.03.